The van der Waals surface area contributed by atoms with Crippen LogP contribution in [0.4, 0.5) is 10.1 Å². The van der Waals surface area contributed by atoms with Crippen LogP contribution in [0.2, 0.25) is 0 Å². The summed E-state index contributed by atoms with van der Waals surface area (Å²) >= 11 is 0. The summed E-state index contributed by atoms with van der Waals surface area (Å²) in [4.78, 5) is 1.84. The Kier molecular flexibility index (Phi) is 4.31. The first-order valence-corrected chi connectivity index (χ1v) is 5.95. The van der Waals surface area contributed by atoms with Gasteiger partial charge in [0.05, 0.1) is 12.3 Å². The molecule has 0 heterocycles. The summed E-state index contributed by atoms with van der Waals surface area (Å²) in [6.07, 6.45) is 0. The number of rotatable bonds is 5. The van der Waals surface area contributed by atoms with Crippen LogP contribution in [-0.2, 0) is 6.54 Å². The van der Waals surface area contributed by atoms with Gasteiger partial charge in [0.1, 0.15) is 5.82 Å². The third-order valence-corrected chi connectivity index (χ3v) is 2.78. The monoisotopic (exact) mass is 245 g/mol. The zero-order valence-corrected chi connectivity index (χ0v) is 10.1. The van der Waals surface area contributed by atoms with Gasteiger partial charge in [0.25, 0.3) is 0 Å². The standard InChI is InChI=1S/C15H16FNO/c16-14-8-4-5-9-15(14)17(10-11-18)12-13-6-2-1-3-7-13/h1-9,18H,10-12H2. The number of para-hydroxylation sites is 1. The van der Waals surface area contributed by atoms with E-state index in [1.54, 1.807) is 18.2 Å². The van der Waals surface area contributed by atoms with Crippen molar-refractivity contribution in [3.05, 3.63) is 66.0 Å². The average molecular weight is 245 g/mol. The van der Waals surface area contributed by atoms with E-state index in [-0.39, 0.29) is 12.4 Å². The van der Waals surface area contributed by atoms with E-state index in [1.165, 1.54) is 6.07 Å². The normalized spacial score (nSPS) is 10.3. The van der Waals surface area contributed by atoms with E-state index < -0.39 is 0 Å². The lowest BCUT2D eigenvalue weighted by Crippen LogP contribution is -2.26. The molecular weight excluding hydrogens is 229 g/mol. The van der Waals surface area contributed by atoms with E-state index in [4.69, 9.17) is 5.11 Å². The topological polar surface area (TPSA) is 23.5 Å². The summed E-state index contributed by atoms with van der Waals surface area (Å²) in [5.41, 5.74) is 1.62. The van der Waals surface area contributed by atoms with E-state index in [2.05, 4.69) is 0 Å². The van der Waals surface area contributed by atoms with Crippen LogP contribution in [0.25, 0.3) is 0 Å². The summed E-state index contributed by atoms with van der Waals surface area (Å²) in [6, 6.07) is 16.5. The number of aliphatic hydroxyl groups excluding tert-OH is 1. The predicted octanol–water partition coefficient (Wildman–Crippen LogP) is 2.82. The first-order valence-electron chi connectivity index (χ1n) is 5.95. The molecule has 2 aromatic carbocycles. The van der Waals surface area contributed by atoms with Crippen LogP contribution in [0.1, 0.15) is 5.56 Å². The average Bonchev–Trinajstić information content (AvgIpc) is 2.40. The smallest absolute Gasteiger partial charge is 0.146 e. The van der Waals surface area contributed by atoms with Gasteiger partial charge in [-0.25, -0.2) is 4.39 Å². The van der Waals surface area contributed by atoms with E-state index in [1.807, 2.05) is 35.2 Å². The van der Waals surface area contributed by atoms with Crippen molar-refractivity contribution in [2.75, 3.05) is 18.1 Å². The van der Waals surface area contributed by atoms with Crippen molar-refractivity contribution in [1.82, 2.24) is 0 Å². The molecule has 0 unspecified atom stereocenters. The van der Waals surface area contributed by atoms with Gasteiger partial charge in [-0.05, 0) is 17.7 Å². The molecule has 2 aromatic rings. The van der Waals surface area contributed by atoms with Crippen LogP contribution in [0.3, 0.4) is 0 Å². The van der Waals surface area contributed by atoms with Gasteiger partial charge in [-0.1, -0.05) is 42.5 Å². The maximum Gasteiger partial charge on any atom is 0.146 e. The summed E-state index contributed by atoms with van der Waals surface area (Å²) in [5, 5.41) is 9.10. The molecule has 0 amide bonds. The van der Waals surface area contributed by atoms with Crippen LogP contribution < -0.4 is 4.90 Å². The molecule has 3 heteroatoms. The summed E-state index contributed by atoms with van der Waals surface area (Å²) in [6.45, 7) is 0.999. The van der Waals surface area contributed by atoms with Crippen LogP contribution in [0.5, 0.6) is 0 Å². The SMILES string of the molecule is OCCN(Cc1ccccc1)c1ccccc1F. The molecule has 18 heavy (non-hydrogen) atoms. The fraction of sp³-hybridized carbons (Fsp3) is 0.200. The quantitative estimate of drug-likeness (QED) is 0.875. The third kappa shape index (κ3) is 3.08. The molecule has 0 spiro atoms. The Morgan fingerprint density at radius 1 is 0.944 bits per heavy atom. The highest BCUT2D eigenvalue weighted by atomic mass is 19.1. The van der Waals surface area contributed by atoms with Crippen molar-refractivity contribution in [2.24, 2.45) is 0 Å². The Morgan fingerprint density at radius 2 is 1.61 bits per heavy atom. The van der Waals surface area contributed by atoms with Crippen LogP contribution in [0, 0.1) is 5.82 Å². The predicted molar refractivity (Wildman–Crippen MR) is 71.0 cm³/mol. The molecule has 0 radical (unpaired) electrons. The largest absolute Gasteiger partial charge is 0.395 e. The molecule has 94 valence electrons. The van der Waals surface area contributed by atoms with Gasteiger partial charge in [0.15, 0.2) is 0 Å². The maximum absolute atomic E-state index is 13.7. The highest BCUT2D eigenvalue weighted by Gasteiger charge is 2.10. The molecule has 0 aliphatic carbocycles. The second-order valence-corrected chi connectivity index (χ2v) is 4.08. The summed E-state index contributed by atoms with van der Waals surface area (Å²) in [5.74, 6) is -0.262. The number of halogens is 1. The van der Waals surface area contributed by atoms with E-state index in [0.29, 0.717) is 18.8 Å². The molecule has 0 aromatic heterocycles. The number of anilines is 1. The second-order valence-electron chi connectivity index (χ2n) is 4.08. The molecule has 0 bridgehead atoms. The van der Waals surface area contributed by atoms with Gasteiger partial charge in [0, 0.05) is 13.1 Å². The van der Waals surface area contributed by atoms with Crippen LogP contribution in [-0.4, -0.2) is 18.3 Å². The Morgan fingerprint density at radius 3 is 2.28 bits per heavy atom. The van der Waals surface area contributed by atoms with E-state index >= 15 is 0 Å². The first-order chi connectivity index (χ1) is 8.81. The molecule has 0 atom stereocenters. The zero-order chi connectivity index (χ0) is 12.8. The van der Waals surface area contributed by atoms with Gasteiger partial charge in [0.2, 0.25) is 0 Å². The van der Waals surface area contributed by atoms with Gasteiger partial charge in [-0.2, -0.15) is 0 Å². The molecule has 0 aliphatic heterocycles. The second kappa shape index (κ2) is 6.17. The van der Waals surface area contributed by atoms with Gasteiger partial charge in [-0.3, -0.25) is 0 Å². The molecule has 2 nitrogen and oxygen atoms in total. The van der Waals surface area contributed by atoms with Crippen molar-refractivity contribution in [1.29, 1.82) is 0 Å². The first kappa shape index (κ1) is 12.6. The summed E-state index contributed by atoms with van der Waals surface area (Å²) in [7, 11) is 0. The Labute approximate surface area is 106 Å². The van der Waals surface area contributed by atoms with E-state index in [9.17, 15) is 4.39 Å². The Hall–Kier alpha value is -1.87. The van der Waals surface area contributed by atoms with Gasteiger partial charge >= 0.3 is 0 Å². The lowest BCUT2D eigenvalue weighted by Gasteiger charge is -2.24. The van der Waals surface area contributed by atoms with Crippen molar-refractivity contribution in [3.63, 3.8) is 0 Å². The highest BCUT2D eigenvalue weighted by Crippen LogP contribution is 2.20. The summed E-state index contributed by atoms with van der Waals surface area (Å²) < 4.78 is 13.7. The number of nitrogens with zero attached hydrogens (tertiary/aromatic N) is 1. The Bertz CT molecular complexity index is 487. The van der Waals surface area contributed by atoms with Crippen molar-refractivity contribution in [2.45, 2.75) is 6.54 Å². The van der Waals surface area contributed by atoms with Gasteiger partial charge in [-0.15, -0.1) is 0 Å². The van der Waals surface area contributed by atoms with Crippen molar-refractivity contribution in [3.8, 4) is 0 Å². The van der Waals surface area contributed by atoms with Crippen LogP contribution in [0.15, 0.2) is 54.6 Å². The number of hydrogen-bond acceptors (Lipinski definition) is 2. The number of hydrogen-bond donors (Lipinski definition) is 1. The molecule has 1 N–H and O–H groups in total. The van der Waals surface area contributed by atoms with Gasteiger partial charge < -0.3 is 10.0 Å². The Balaban J connectivity index is 2.21. The fourth-order valence-corrected chi connectivity index (χ4v) is 1.92. The zero-order valence-electron chi connectivity index (χ0n) is 10.1. The van der Waals surface area contributed by atoms with Crippen LogP contribution >= 0.6 is 0 Å². The molecule has 0 saturated heterocycles. The maximum atomic E-state index is 13.7. The number of aliphatic hydroxyl groups is 1. The minimum atomic E-state index is -0.262. The molecule has 0 fully saturated rings. The molecular formula is C15H16FNO. The molecule has 0 saturated carbocycles. The fourth-order valence-electron chi connectivity index (χ4n) is 1.92. The van der Waals surface area contributed by atoms with Crippen molar-refractivity contribution >= 4 is 5.69 Å². The minimum Gasteiger partial charge on any atom is -0.395 e. The third-order valence-electron chi connectivity index (χ3n) is 2.78. The lowest BCUT2D eigenvalue weighted by atomic mass is 10.2. The molecule has 2 rings (SSSR count). The number of benzene rings is 2. The van der Waals surface area contributed by atoms with Crippen molar-refractivity contribution < 1.29 is 9.50 Å². The lowest BCUT2D eigenvalue weighted by molar-refractivity contribution is 0.301. The molecule has 0 aliphatic rings. The minimum absolute atomic E-state index is 0.00116. The van der Waals surface area contributed by atoms with E-state index in [0.717, 1.165) is 5.56 Å². The highest BCUT2D eigenvalue weighted by molar-refractivity contribution is 5.48.